The fraction of sp³-hybridized carbons (Fsp3) is 0.303. The molecule has 0 radical (unpaired) electrons. The first kappa shape index (κ1) is 31.2. The monoisotopic (exact) mass is 637 g/mol. The highest BCUT2D eigenvalue weighted by Crippen LogP contribution is 2.21. The Morgan fingerprint density at radius 3 is 2.68 bits per heavy atom. The first-order valence-corrected chi connectivity index (χ1v) is 15.4. The van der Waals surface area contributed by atoms with E-state index in [1.807, 2.05) is 30.5 Å². The molecule has 0 fully saturated rings. The lowest BCUT2D eigenvalue weighted by molar-refractivity contribution is -0.130. The van der Waals surface area contributed by atoms with Crippen LogP contribution in [0.4, 0.5) is 0 Å². The molecule has 47 heavy (non-hydrogen) atoms. The van der Waals surface area contributed by atoms with Gasteiger partial charge >= 0.3 is 0 Å². The van der Waals surface area contributed by atoms with E-state index in [0.717, 1.165) is 16.5 Å². The Balaban J connectivity index is 1.30. The first-order valence-electron chi connectivity index (χ1n) is 15.4. The summed E-state index contributed by atoms with van der Waals surface area (Å²) < 4.78 is 7.21. The molecule has 14 nitrogen and oxygen atoms in total. The molecule has 5 N–H and O–H groups in total. The molecule has 1 aliphatic heterocycles. The second-order valence-corrected chi connectivity index (χ2v) is 11.4. The third-order valence-electron chi connectivity index (χ3n) is 8.13. The second-order valence-electron chi connectivity index (χ2n) is 11.4. The minimum atomic E-state index is -1.02. The molecule has 3 atom stereocenters. The van der Waals surface area contributed by atoms with Gasteiger partial charge in [-0.05, 0) is 56.9 Å². The van der Waals surface area contributed by atoms with E-state index in [1.165, 1.54) is 17.3 Å². The highest BCUT2D eigenvalue weighted by Gasteiger charge is 2.31. The number of H-pyrrole nitrogens is 1. The van der Waals surface area contributed by atoms with Crippen LogP contribution in [0.3, 0.4) is 0 Å². The number of nitrogens with zero attached hydrogens (tertiary/aromatic N) is 4. The first-order chi connectivity index (χ1) is 22.8. The van der Waals surface area contributed by atoms with Crippen LogP contribution in [0.5, 0.6) is 0 Å². The molecule has 3 aromatic heterocycles. The molecule has 1 aliphatic rings. The van der Waals surface area contributed by atoms with E-state index in [-0.39, 0.29) is 24.4 Å². The van der Waals surface area contributed by atoms with Crippen LogP contribution in [0.2, 0.25) is 0 Å². The van der Waals surface area contributed by atoms with E-state index in [2.05, 4.69) is 41.3 Å². The minimum absolute atomic E-state index is 0.146. The van der Waals surface area contributed by atoms with E-state index in [9.17, 15) is 19.2 Å². The zero-order valence-electron chi connectivity index (χ0n) is 25.9. The third-order valence-corrected chi connectivity index (χ3v) is 8.13. The summed E-state index contributed by atoms with van der Waals surface area (Å²) in [6.45, 7) is 3.66. The van der Waals surface area contributed by atoms with Crippen LogP contribution in [0.1, 0.15) is 70.3 Å². The number of carbonyl (C=O) groups excluding carboxylic acids is 4. The number of hydrogen-bond donors (Lipinski definition) is 5. The molecular weight excluding hydrogens is 602 g/mol. The molecule has 6 rings (SSSR count). The molecule has 0 aliphatic carbocycles. The van der Waals surface area contributed by atoms with E-state index >= 15 is 0 Å². The van der Waals surface area contributed by atoms with Crippen molar-refractivity contribution in [1.29, 1.82) is 0 Å². The lowest BCUT2D eigenvalue weighted by Gasteiger charge is -2.24. The summed E-state index contributed by atoms with van der Waals surface area (Å²) >= 11 is 0. The quantitative estimate of drug-likeness (QED) is 0.194. The van der Waals surface area contributed by atoms with Gasteiger partial charge in [-0.2, -0.15) is 5.10 Å². The van der Waals surface area contributed by atoms with Crippen LogP contribution in [-0.4, -0.2) is 67.0 Å². The summed E-state index contributed by atoms with van der Waals surface area (Å²) in [6.07, 6.45) is 6.10. The summed E-state index contributed by atoms with van der Waals surface area (Å²) in [5.74, 6) is -1.38. The van der Waals surface area contributed by atoms with Gasteiger partial charge in [0, 0.05) is 30.1 Å². The Morgan fingerprint density at radius 1 is 1.04 bits per heavy atom. The number of nitrogens with one attached hydrogen (secondary N) is 5. The molecule has 2 bridgehead atoms. The lowest BCUT2D eigenvalue weighted by Crippen LogP contribution is -2.54. The summed E-state index contributed by atoms with van der Waals surface area (Å²) in [5.41, 5.74) is 2.67. The maximum absolute atomic E-state index is 14.0. The molecule has 0 saturated carbocycles. The zero-order valence-corrected chi connectivity index (χ0v) is 25.9. The predicted octanol–water partition coefficient (Wildman–Crippen LogP) is 2.66. The van der Waals surface area contributed by atoms with Crippen LogP contribution >= 0.6 is 0 Å². The van der Waals surface area contributed by atoms with Crippen LogP contribution < -0.4 is 21.3 Å². The molecule has 4 heterocycles. The van der Waals surface area contributed by atoms with Crippen LogP contribution in [-0.2, 0) is 16.0 Å². The minimum Gasteiger partial charge on any atom is -0.443 e. The third kappa shape index (κ3) is 6.90. The van der Waals surface area contributed by atoms with Gasteiger partial charge < -0.3 is 30.7 Å². The number of benzene rings is 2. The fourth-order valence-corrected chi connectivity index (χ4v) is 5.65. The van der Waals surface area contributed by atoms with Gasteiger partial charge in [0.25, 0.3) is 11.8 Å². The van der Waals surface area contributed by atoms with E-state index in [1.54, 1.807) is 38.1 Å². The number of aromatic nitrogens is 5. The smallest absolute Gasteiger partial charge is 0.273 e. The van der Waals surface area contributed by atoms with Crippen LogP contribution in [0.25, 0.3) is 16.6 Å². The highest BCUT2D eigenvalue weighted by molar-refractivity contribution is 6.01. The van der Waals surface area contributed by atoms with Gasteiger partial charge in [0.1, 0.15) is 36.5 Å². The average Bonchev–Trinajstić information content (AvgIpc) is 3.84. The predicted molar refractivity (Wildman–Crippen MR) is 171 cm³/mol. The molecule has 0 saturated heterocycles. The molecule has 4 amide bonds. The Kier molecular flexibility index (Phi) is 9.09. The molecule has 5 aromatic rings. The van der Waals surface area contributed by atoms with Crippen molar-refractivity contribution >= 4 is 34.5 Å². The number of aromatic amines is 1. The van der Waals surface area contributed by atoms with Crippen molar-refractivity contribution in [2.45, 2.75) is 57.7 Å². The summed E-state index contributed by atoms with van der Waals surface area (Å²) in [7, 11) is 0. The summed E-state index contributed by atoms with van der Waals surface area (Å²) in [4.78, 5) is 65.8. The van der Waals surface area contributed by atoms with Crippen molar-refractivity contribution in [3.05, 3.63) is 95.9 Å². The standard InChI is InChI=1S/C33H35N9O5/c1-19-33-41-28(20(2)47-33)32(46)35-14-8-7-12-25(39-29(43)23-10-4-6-13-27(23)42-18-34-17-37-42)30(44)40-26(31(45)38-19)15-21-16-36-24-11-5-3-9-22(21)24/h3-6,9-11,13,16-19,25-26,36H,7-8,12,14-15H2,1-2H3,(H,35,46)(H,38,45)(H,39,43)(H,40,44)/t19-,25+,26-/m1/s1. The number of amides is 4. The van der Waals surface area contributed by atoms with Gasteiger partial charge in [-0.15, -0.1) is 0 Å². The van der Waals surface area contributed by atoms with Crippen LogP contribution in [0, 0.1) is 6.92 Å². The number of aryl methyl sites for hydroxylation is 1. The number of hydrogen-bond acceptors (Lipinski definition) is 8. The van der Waals surface area contributed by atoms with Gasteiger partial charge in [-0.3, -0.25) is 19.2 Å². The summed E-state index contributed by atoms with van der Waals surface area (Å²) in [5, 5.41) is 16.6. The molecule has 0 spiro atoms. The van der Waals surface area contributed by atoms with Crippen LogP contribution in [0.15, 0.2) is 71.8 Å². The van der Waals surface area contributed by atoms with Gasteiger partial charge in [-0.1, -0.05) is 30.3 Å². The highest BCUT2D eigenvalue weighted by atomic mass is 16.4. The van der Waals surface area contributed by atoms with E-state index in [4.69, 9.17) is 4.42 Å². The molecule has 242 valence electrons. The van der Waals surface area contributed by atoms with Gasteiger partial charge in [0.05, 0.1) is 11.3 Å². The zero-order chi connectivity index (χ0) is 32.9. The van der Waals surface area contributed by atoms with E-state index in [0.29, 0.717) is 36.4 Å². The van der Waals surface area contributed by atoms with Crippen molar-refractivity contribution in [2.75, 3.05) is 6.54 Å². The number of carbonyl (C=O) groups is 4. The largest absolute Gasteiger partial charge is 0.443 e. The SMILES string of the molecule is Cc1oc2nc1C(=O)NCCCC[C@H](NC(=O)c1ccccc1-n1cncn1)C(=O)N[C@H](Cc1c[nH]c3ccccc13)C(=O)N[C@@H]2C. The molecule has 14 heteroatoms. The van der Waals surface area contributed by atoms with Gasteiger partial charge in [0.2, 0.25) is 17.7 Å². The molecular formula is C33H35N9O5. The molecule has 2 aromatic carbocycles. The Labute approximate surface area is 269 Å². The summed E-state index contributed by atoms with van der Waals surface area (Å²) in [6, 6.07) is 11.8. The van der Waals surface area contributed by atoms with Crippen molar-refractivity contribution in [1.82, 2.24) is 46.0 Å². The van der Waals surface area contributed by atoms with Gasteiger partial charge in [0.15, 0.2) is 5.69 Å². The Morgan fingerprint density at radius 2 is 1.85 bits per heavy atom. The second kappa shape index (κ2) is 13.7. The van der Waals surface area contributed by atoms with Crippen molar-refractivity contribution in [3.63, 3.8) is 0 Å². The Hall–Kier alpha value is -5.79. The number of rotatable bonds is 5. The average molecular weight is 638 g/mol. The number of oxazole rings is 1. The topological polar surface area (TPSA) is 189 Å². The van der Waals surface area contributed by atoms with Crippen molar-refractivity contribution < 1.29 is 23.6 Å². The van der Waals surface area contributed by atoms with Crippen molar-refractivity contribution in [2.24, 2.45) is 0 Å². The normalized spacial score (nSPS) is 19.5. The van der Waals surface area contributed by atoms with Gasteiger partial charge in [-0.25, -0.2) is 14.6 Å². The number of para-hydroxylation sites is 2. The molecule has 0 unspecified atom stereocenters. The van der Waals surface area contributed by atoms with Crippen molar-refractivity contribution in [3.8, 4) is 5.69 Å². The fourth-order valence-electron chi connectivity index (χ4n) is 5.65. The Bertz CT molecular complexity index is 1910. The maximum atomic E-state index is 14.0. The maximum Gasteiger partial charge on any atom is 0.273 e. The number of fused-ring (bicyclic) bond motifs is 3. The lowest BCUT2D eigenvalue weighted by atomic mass is 10.0. The van der Waals surface area contributed by atoms with E-state index < -0.39 is 41.8 Å².